The zero-order valence-corrected chi connectivity index (χ0v) is 15.7. The molecule has 1 amide bonds. The average Bonchev–Trinajstić information content (AvgIpc) is 3.08. The Hall–Kier alpha value is -3.13. The number of carbonyl (C=O) groups excluding carboxylic acids is 1. The smallest absolute Gasteiger partial charge is 0.294 e. The molecule has 2 aromatic heterocycles. The summed E-state index contributed by atoms with van der Waals surface area (Å²) < 4.78 is 8.22. The lowest BCUT2D eigenvalue weighted by atomic mass is 10.1. The summed E-state index contributed by atoms with van der Waals surface area (Å²) in [5, 5.41) is 9.46. The Kier molecular flexibility index (Phi) is 5.00. The summed E-state index contributed by atoms with van der Waals surface area (Å²) in [6.07, 6.45) is 2.65. The second-order valence-corrected chi connectivity index (χ2v) is 6.50. The standard InChI is InChI=1S/C19H22N4O4/c1-12(24)9-21(2)18(25)15-10-23-11-16(22(3)19(26)17(23)20-15)13-5-7-14(27-4)8-6-13/h5-8,10-12,24H,9H2,1-4H3. The van der Waals surface area contributed by atoms with E-state index in [9.17, 15) is 14.7 Å². The Balaban J connectivity index is 2.05. The molecule has 2 heterocycles. The highest BCUT2D eigenvalue weighted by Gasteiger charge is 2.19. The number of aromatic nitrogens is 3. The van der Waals surface area contributed by atoms with Crippen LogP contribution in [0.4, 0.5) is 0 Å². The van der Waals surface area contributed by atoms with Crippen molar-refractivity contribution in [2.75, 3.05) is 20.7 Å². The van der Waals surface area contributed by atoms with Gasteiger partial charge in [0.05, 0.1) is 18.9 Å². The number of amides is 1. The van der Waals surface area contributed by atoms with Gasteiger partial charge in [-0.25, -0.2) is 4.98 Å². The Labute approximate surface area is 156 Å². The van der Waals surface area contributed by atoms with E-state index in [-0.39, 0.29) is 29.4 Å². The molecule has 1 atom stereocenters. The number of rotatable bonds is 5. The van der Waals surface area contributed by atoms with E-state index in [1.807, 2.05) is 24.3 Å². The van der Waals surface area contributed by atoms with Gasteiger partial charge in [-0.1, -0.05) is 0 Å². The van der Waals surface area contributed by atoms with Crippen LogP contribution in [0.15, 0.2) is 41.5 Å². The summed E-state index contributed by atoms with van der Waals surface area (Å²) in [5.74, 6) is 0.370. The fourth-order valence-electron chi connectivity index (χ4n) is 2.94. The maximum atomic E-state index is 12.7. The summed E-state index contributed by atoms with van der Waals surface area (Å²) in [6.45, 7) is 1.78. The third-order valence-electron chi connectivity index (χ3n) is 4.34. The van der Waals surface area contributed by atoms with Crippen molar-refractivity contribution >= 4 is 11.6 Å². The van der Waals surface area contributed by atoms with Crippen LogP contribution in [0.2, 0.25) is 0 Å². The maximum absolute atomic E-state index is 12.7. The van der Waals surface area contributed by atoms with Gasteiger partial charge < -0.3 is 19.3 Å². The van der Waals surface area contributed by atoms with Gasteiger partial charge in [0, 0.05) is 38.6 Å². The Bertz CT molecular complexity index is 1030. The van der Waals surface area contributed by atoms with Crippen LogP contribution in [0.1, 0.15) is 17.4 Å². The van der Waals surface area contributed by atoms with Gasteiger partial charge in [-0.2, -0.15) is 0 Å². The number of hydrogen-bond acceptors (Lipinski definition) is 5. The fourth-order valence-corrected chi connectivity index (χ4v) is 2.94. The van der Waals surface area contributed by atoms with E-state index in [2.05, 4.69) is 4.98 Å². The van der Waals surface area contributed by atoms with Crippen LogP contribution in [0.25, 0.3) is 16.9 Å². The van der Waals surface area contributed by atoms with E-state index in [0.29, 0.717) is 5.69 Å². The molecule has 0 fully saturated rings. The number of carbonyl (C=O) groups is 1. The number of benzene rings is 1. The van der Waals surface area contributed by atoms with Crippen molar-refractivity contribution in [1.82, 2.24) is 18.9 Å². The molecule has 0 spiro atoms. The van der Waals surface area contributed by atoms with Crippen molar-refractivity contribution in [3.8, 4) is 17.0 Å². The monoisotopic (exact) mass is 370 g/mol. The van der Waals surface area contributed by atoms with E-state index >= 15 is 0 Å². The van der Waals surface area contributed by atoms with Crippen LogP contribution in [0.3, 0.4) is 0 Å². The lowest BCUT2D eigenvalue weighted by molar-refractivity contribution is 0.0699. The Morgan fingerprint density at radius 1 is 1.30 bits per heavy atom. The van der Waals surface area contributed by atoms with Crippen LogP contribution in [-0.2, 0) is 7.05 Å². The third kappa shape index (κ3) is 3.56. The van der Waals surface area contributed by atoms with E-state index in [0.717, 1.165) is 11.3 Å². The minimum absolute atomic E-state index is 0.155. The highest BCUT2D eigenvalue weighted by atomic mass is 16.5. The molecule has 0 radical (unpaired) electrons. The van der Waals surface area contributed by atoms with Crippen LogP contribution < -0.4 is 10.3 Å². The molecule has 0 saturated carbocycles. The van der Waals surface area contributed by atoms with Gasteiger partial charge >= 0.3 is 0 Å². The fraction of sp³-hybridized carbons (Fsp3) is 0.316. The number of aliphatic hydroxyl groups is 1. The van der Waals surface area contributed by atoms with Crippen molar-refractivity contribution in [2.24, 2.45) is 7.05 Å². The van der Waals surface area contributed by atoms with Gasteiger partial charge in [-0.3, -0.25) is 14.0 Å². The van der Waals surface area contributed by atoms with E-state index in [1.165, 1.54) is 15.7 Å². The Morgan fingerprint density at radius 3 is 2.56 bits per heavy atom. The number of ether oxygens (including phenoxy) is 1. The molecule has 0 aliphatic heterocycles. The maximum Gasteiger partial charge on any atom is 0.294 e. The molecule has 8 heteroatoms. The molecule has 1 N–H and O–H groups in total. The SMILES string of the molecule is COc1ccc(-c2cn3cc(C(=O)N(C)CC(C)O)nc3c(=O)n2C)cc1. The molecule has 3 rings (SSSR count). The number of fused-ring (bicyclic) bond motifs is 1. The largest absolute Gasteiger partial charge is 0.497 e. The van der Waals surface area contributed by atoms with Gasteiger partial charge in [0.25, 0.3) is 11.5 Å². The Morgan fingerprint density at radius 2 is 1.96 bits per heavy atom. The highest BCUT2D eigenvalue weighted by molar-refractivity contribution is 5.92. The third-order valence-corrected chi connectivity index (χ3v) is 4.34. The quantitative estimate of drug-likeness (QED) is 0.728. The summed E-state index contributed by atoms with van der Waals surface area (Å²) in [6, 6.07) is 7.35. The number of imidazole rings is 1. The summed E-state index contributed by atoms with van der Waals surface area (Å²) in [5.41, 5.74) is 1.54. The van der Waals surface area contributed by atoms with Gasteiger partial charge in [0.15, 0.2) is 0 Å². The zero-order valence-electron chi connectivity index (χ0n) is 15.7. The number of likely N-dealkylation sites (N-methyl/N-ethyl adjacent to an activating group) is 1. The molecule has 142 valence electrons. The van der Waals surface area contributed by atoms with Crippen molar-refractivity contribution in [1.29, 1.82) is 0 Å². The van der Waals surface area contributed by atoms with Crippen LogP contribution in [0.5, 0.6) is 5.75 Å². The highest BCUT2D eigenvalue weighted by Crippen LogP contribution is 2.21. The molecule has 1 aromatic carbocycles. The van der Waals surface area contributed by atoms with Gasteiger partial charge in [-0.05, 0) is 31.2 Å². The molecule has 0 saturated heterocycles. The predicted molar refractivity (Wildman–Crippen MR) is 101 cm³/mol. The summed E-state index contributed by atoms with van der Waals surface area (Å²) >= 11 is 0. The van der Waals surface area contributed by atoms with Gasteiger partial charge in [0.2, 0.25) is 5.65 Å². The first-order chi connectivity index (χ1) is 12.8. The zero-order chi connectivity index (χ0) is 19.7. The topological polar surface area (TPSA) is 89.1 Å². The van der Waals surface area contributed by atoms with Crippen molar-refractivity contribution in [3.05, 3.63) is 52.7 Å². The molecule has 0 aliphatic rings. The van der Waals surface area contributed by atoms with Crippen molar-refractivity contribution in [3.63, 3.8) is 0 Å². The number of aliphatic hydroxyl groups excluding tert-OH is 1. The first-order valence-corrected chi connectivity index (χ1v) is 8.48. The minimum atomic E-state index is -0.648. The first-order valence-electron chi connectivity index (χ1n) is 8.48. The molecular weight excluding hydrogens is 348 g/mol. The average molecular weight is 370 g/mol. The number of hydrogen-bond donors (Lipinski definition) is 1. The number of nitrogens with zero attached hydrogens (tertiary/aromatic N) is 4. The lowest BCUT2D eigenvalue weighted by Crippen LogP contribution is -2.33. The molecule has 0 bridgehead atoms. The molecule has 3 aromatic rings. The molecular formula is C19H22N4O4. The molecule has 8 nitrogen and oxygen atoms in total. The number of methoxy groups -OCH3 is 1. The van der Waals surface area contributed by atoms with Crippen LogP contribution in [-0.4, -0.2) is 56.7 Å². The summed E-state index contributed by atoms with van der Waals surface area (Å²) in [4.78, 5) is 30.8. The van der Waals surface area contributed by atoms with Crippen molar-refractivity contribution < 1.29 is 14.6 Å². The first kappa shape index (κ1) is 18.7. The second kappa shape index (κ2) is 7.24. The molecule has 0 aliphatic carbocycles. The van der Waals surface area contributed by atoms with E-state index in [4.69, 9.17) is 4.74 Å². The van der Waals surface area contributed by atoms with E-state index < -0.39 is 6.10 Å². The normalized spacial score (nSPS) is 12.2. The van der Waals surface area contributed by atoms with Gasteiger partial charge in [0.1, 0.15) is 11.4 Å². The van der Waals surface area contributed by atoms with Crippen LogP contribution >= 0.6 is 0 Å². The molecule has 1 unspecified atom stereocenters. The lowest BCUT2D eigenvalue weighted by Gasteiger charge is -2.17. The van der Waals surface area contributed by atoms with Crippen LogP contribution in [0, 0.1) is 0 Å². The second-order valence-electron chi connectivity index (χ2n) is 6.50. The van der Waals surface area contributed by atoms with E-state index in [1.54, 1.807) is 38.7 Å². The summed E-state index contributed by atoms with van der Waals surface area (Å²) in [7, 11) is 4.84. The van der Waals surface area contributed by atoms with Gasteiger partial charge in [-0.15, -0.1) is 0 Å². The molecule has 27 heavy (non-hydrogen) atoms. The minimum Gasteiger partial charge on any atom is -0.497 e. The predicted octanol–water partition coefficient (Wildman–Crippen LogP) is 1.16. The van der Waals surface area contributed by atoms with Crippen molar-refractivity contribution in [2.45, 2.75) is 13.0 Å².